The number of carbonyl (C=O) groups excluding carboxylic acids is 1. The smallest absolute Gasteiger partial charge is 0.209 e. The number of benzene rings is 2. The molecule has 2 aromatic carbocycles. The van der Waals surface area contributed by atoms with E-state index >= 15 is 0 Å². The molecule has 0 spiro atoms. The SMILES string of the molecule is Cc1ccc(C2C3=C(CCCC3=O)Nc3nc4ccccc4n32)cc1. The number of nitrogens with one attached hydrogen (secondary N) is 1. The van der Waals surface area contributed by atoms with Gasteiger partial charge in [-0.2, -0.15) is 0 Å². The van der Waals surface area contributed by atoms with E-state index in [1.165, 1.54) is 5.56 Å². The Morgan fingerprint density at radius 2 is 1.88 bits per heavy atom. The van der Waals surface area contributed by atoms with Crippen LogP contribution in [0.3, 0.4) is 0 Å². The van der Waals surface area contributed by atoms with Crippen LogP contribution in [0, 0.1) is 6.92 Å². The Hall–Kier alpha value is -2.88. The van der Waals surface area contributed by atoms with Crippen LogP contribution in [-0.4, -0.2) is 15.3 Å². The zero-order valence-electron chi connectivity index (χ0n) is 14.1. The minimum absolute atomic E-state index is 0.105. The lowest BCUT2D eigenvalue weighted by Crippen LogP contribution is -2.30. The molecule has 0 bridgehead atoms. The molecule has 124 valence electrons. The van der Waals surface area contributed by atoms with Gasteiger partial charge in [-0.15, -0.1) is 0 Å². The number of aryl methyl sites for hydroxylation is 1. The van der Waals surface area contributed by atoms with Gasteiger partial charge < -0.3 is 5.32 Å². The molecular formula is C21H19N3O. The highest BCUT2D eigenvalue weighted by atomic mass is 16.1. The summed E-state index contributed by atoms with van der Waals surface area (Å²) < 4.78 is 2.18. The van der Waals surface area contributed by atoms with E-state index in [0.29, 0.717) is 6.42 Å². The van der Waals surface area contributed by atoms with Crippen molar-refractivity contribution in [2.45, 2.75) is 32.2 Å². The number of nitrogens with zero attached hydrogens (tertiary/aromatic N) is 2. The lowest BCUT2D eigenvalue weighted by molar-refractivity contribution is -0.116. The molecule has 0 saturated carbocycles. The Morgan fingerprint density at radius 1 is 1.08 bits per heavy atom. The fourth-order valence-electron chi connectivity index (χ4n) is 4.03. The van der Waals surface area contributed by atoms with Crippen molar-refractivity contribution in [2.24, 2.45) is 0 Å². The van der Waals surface area contributed by atoms with Gasteiger partial charge in [-0.1, -0.05) is 42.0 Å². The molecule has 25 heavy (non-hydrogen) atoms. The highest BCUT2D eigenvalue weighted by Gasteiger charge is 2.36. The Kier molecular flexibility index (Phi) is 3.07. The summed E-state index contributed by atoms with van der Waals surface area (Å²) in [6.45, 7) is 2.08. The van der Waals surface area contributed by atoms with Gasteiger partial charge in [-0.3, -0.25) is 9.36 Å². The van der Waals surface area contributed by atoms with Crippen molar-refractivity contribution in [1.29, 1.82) is 0 Å². The predicted molar refractivity (Wildman–Crippen MR) is 98.6 cm³/mol. The first-order valence-corrected chi connectivity index (χ1v) is 8.79. The van der Waals surface area contributed by atoms with E-state index in [-0.39, 0.29) is 11.8 Å². The summed E-state index contributed by atoms with van der Waals surface area (Å²) in [6.07, 6.45) is 2.45. The Labute approximate surface area is 146 Å². The summed E-state index contributed by atoms with van der Waals surface area (Å²) in [5, 5.41) is 3.44. The van der Waals surface area contributed by atoms with Gasteiger partial charge in [0.1, 0.15) is 0 Å². The molecule has 1 N–H and O–H groups in total. The predicted octanol–water partition coefficient (Wildman–Crippen LogP) is 4.37. The van der Waals surface area contributed by atoms with Crippen LogP contribution < -0.4 is 5.32 Å². The largest absolute Gasteiger partial charge is 0.329 e. The summed E-state index contributed by atoms with van der Waals surface area (Å²) >= 11 is 0. The second-order valence-corrected chi connectivity index (χ2v) is 6.90. The van der Waals surface area contributed by atoms with E-state index in [1.807, 2.05) is 18.2 Å². The van der Waals surface area contributed by atoms with Crippen molar-refractivity contribution in [3.63, 3.8) is 0 Å². The molecule has 2 heterocycles. The van der Waals surface area contributed by atoms with Crippen LogP contribution in [0.2, 0.25) is 0 Å². The molecule has 1 unspecified atom stereocenters. The molecule has 1 aromatic heterocycles. The van der Waals surface area contributed by atoms with E-state index < -0.39 is 0 Å². The molecular weight excluding hydrogens is 310 g/mol. The number of rotatable bonds is 1. The lowest BCUT2D eigenvalue weighted by Gasteiger charge is -2.33. The first-order valence-electron chi connectivity index (χ1n) is 8.79. The van der Waals surface area contributed by atoms with Gasteiger partial charge in [0.2, 0.25) is 5.95 Å². The zero-order valence-corrected chi connectivity index (χ0v) is 14.1. The van der Waals surface area contributed by atoms with E-state index in [4.69, 9.17) is 4.98 Å². The minimum atomic E-state index is -0.105. The van der Waals surface area contributed by atoms with Crippen LogP contribution in [0.5, 0.6) is 0 Å². The van der Waals surface area contributed by atoms with E-state index in [2.05, 4.69) is 47.1 Å². The van der Waals surface area contributed by atoms with Crippen LogP contribution in [0.1, 0.15) is 36.4 Å². The van der Waals surface area contributed by atoms with Crippen LogP contribution in [0.4, 0.5) is 5.95 Å². The summed E-state index contributed by atoms with van der Waals surface area (Å²) in [7, 11) is 0. The maximum Gasteiger partial charge on any atom is 0.209 e. The molecule has 1 aliphatic heterocycles. The Morgan fingerprint density at radius 3 is 2.72 bits per heavy atom. The number of Topliss-reactive ketones (excluding diaryl/α,β-unsaturated/α-hetero) is 1. The molecule has 2 aliphatic rings. The summed E-state index contributed by atoms with van der Waals surface area (Å²) in [6, 6.07) is 16.5. The normalized spacial score (nSPS) is 19.6. The number of hydrogen-bond acceptors (Lipinski definition) is 3. The number of imidazole rings is 1. The molecule has 0 amide bonds. The molecule has 3 aromatic rings. The number of ketones is 1. The number of anilines is 1. The second-order valence-electron chi connectivity index (χ2n) is 6.90. The molecule has 0 fully saturated rings. The zero-order chi connectivity index (χ0) is 17.0. The quantitative estimate of drug-likeness (QED) is 0.721. The average molecular weight is 329 g/mol. The van der Waals surface area contributed by atoms with Crippen molar-refractivity contribution in [1.82, 2.24) is 9.55 Å². The topological polar surface area (TPSA) is 46.9 Å². The maximum absolute atomic E-state index is 12.8. The lowest BCUT2D eigenvalue weighted by atomic mass is 9.85. The fourth-order valence-corrected chi connectivity index (χ4v) is 4.03. The molecule has 4 nitrogen and oxygen atoms in total. The number of allylic oxidation sites excluding steroid dienone is 2. The van der Waals surface area contributed by atoms with Gasteiger partial charge in [0, 0.05) is 17.7 Å². The first kappa shape index (κ1) is 14.5. The summed E-state index contributed by atoms with van der Waals surface area (Å²) in [4.78, 5) is 17.6. The first-order chi connectivity index (χ1) is 12.2. The van der Waals surface area contributed by atoms with E-state index in [9.17, 15) is 4.79 Å². The minimum Gasteiger partial charge on any atom is -0.329 e. The van der Waals surface area contributed by atoms with Crippen LogP contribution in [0.25, 0.3) is 11.0 Å². The second kappa shape index (κ2) is 5.31. The molecule has 5 rings (SSSR count). The third-order valence-corrected chi connectivity index (χ3v) is 5.24. The van der Waals surface area contributed by atoms with Crippen molar-refractivity contribution in [3.05, 3.63) is 70.9 Å². The van der Waals surface area contributed by atoms with Crippen molar-refractivity contribution >= 4 is 22.8 Å². The molecule has 1 aliphatic carbocycles. The Balaban J connectivity index is 1.81. The van der Waals surface area contributed by atoms with Gasteiger partial charge >= 0.3 is 0 Å². The number of fused-ring (bicyclic) bond motifs is 3. The molecule has 4 heteroatoms. The van der Waals surface area contributed by atoms with Crippen LogP contribution in [0.15, 0.2) is 59.8 Å². The molecule has 0 saturated heterocycles. The number of hydrogen-bond donors (Lipinski definition) is 1. The van der Waals surface area contributed by atoms with Gasteiger partial charge in [0.05, 0.1) is 17.1 Å². The molecule has 0 radical (unpaired) electrons. The van der Waals surface area contributed by atoms with Gasteiger partial charge in [-0.05, 0) is 37.5 Å². The highest BCUT2D eigenvalue weighted by molar-refractivity contribution is 6.00. The van der Waals surface area contributed by atoms with Gasteiger partial charge in [0.15, 0.2) is 5.78 Å². The summed E-state index contributed by atoms with van der Waals surface area (Å²) in [5.41, 5.74) is 6.32. The van der Waals surface area contributed by atoms with Crippen molar-refractivity contribution in [3.8, 4) is 0 Å². The van der Waals surface area contributed by atoms with Crippen molar-refractivity contribution < 1.29 is 4.79 Å². The van der Waals surface area contributed by atoms with E-state index in [1.54, 1.807) is 0 Å². The van der Waals surface area contributed by atoms with Gasteiger partial charge in [-0.25, -0.2) is 4.98 Å². The van der Waals surface area contributed by atoms with Crippen molar-refractivity contribution in [2.75, 3.05) is 5.32 Å². The summed E-state index contributed by atoms with van der Waals surface area (Å²) in [5.74, 6) is 1.09. The number of para-hydroxylation sites is 2. The highest BCUT2D eigenvalue weighted by Crippen LogP contribution is 2.42. The number of aromatic nitrogens is 2. The van der Waals surface area contributed by atoms with Crippen LogP contribution >= 0.6 is 0 Å². The van der Waals surface area contributed by atoms with E-state index in [0.717, 1.165) is 46.7 Å². The van der Waals surface area contributed by atoms with Gasteiger partial charge in [0.25, 0.3) is 0 Å². The maximum atomic E-state index is 12.8. The average Bonchev–Trinajstić information content (AvgIpc) is 2.99. The third-order valence-electron chi connectivity index (χ3n) is 5.24. The Bertz CT molecular complexity index is 1030. The standard InChI is InChI=1S/C21H19N3O/c1-13-9-11-14(12-10-13)20-19-16(6-4-8-18(19)25)23-21-22-15-5-2-3-7-17(15)24(20)21/h2-3,5,7,9-12,20H,4,6,8H2,1H3,(H,22,23). The monoisotopic (exact) mass is 329 g/mol. The third kappa shape index (κ3) is 2.14. The molecule has 1 atom stereocenters. The van der Waals surface area contributed by atoms with Crippen LogP contribution in [-0.2, 0) is 4.79 Å². The number of carbonyl (C=O) groups is 1. The fraction of sp³-hybridized carbons (Fsp3) is 0.238.